The van der Waals surface area contributed by atoms with Crippen molar-refractivity contribution in [1.82, 2.24) is 0 Å². The van der Waals surface area contributed by atoms with Gasteiger partial charge in [0, 0.05) is 27.6 Å². The Balaban J connectivity index is 1.19. The summed E-state index contributed by atoms with van der Waals surface area (Å²) in [6, 6.07) is 69.0. The third kappa shape index (κ3) is 4.17. The minimum absolute atomic E-state index is 0.143. The molecule has 0 bridgehead atoms. The lowest BCUT2D eigenvalue weighted by Gasteiger charge is -2.35. The molecule has 0 amide bonds. The standard InChI is InChI=1S/C52H37NO/c1-51(2)44-25-10-6-20-38(44)41-31-30-37(33-47(41)51)53(48-28-15-24-43-42-23-9-13-29-49(42)54-50(43)48)36-19-14-18-35(32-36)52(34-16-4-3-5-17-34)45-26-11-7-21-39(45)40-22-8-12-27-46(40)52/h3-33H,1-2H3. The monoisotopic (exact) mass is 691 g/mol. The van der Waals surface area contributed by atoms with Crippen molar-refractivity contribution in [3.63, 3.8) is 0 Å². The van der Waals surface area contributed by atoms with Gasteiger partial charge in [-0.05, 0) is 92.0 Å². The van der Waals surface area contributed by atoms with Crippen LogP contribution in [0.15, 0.2) is 192 Å². The van der Waals surface area contributed by atoms with E-state index in [0.717, 1.165) is 39.0 Å². The minimum Gasteiger partial charge on any atom is -0.454 e. The van der Waals surface area contributed by atoms with Gasteiger partial charge >= 0.3 is 0 Å². The fourth-order valence-electron chi connectivity index (χ4n) is 9.76. The Morgan fingerprint density at radius 1 is 0.407 bits per heavy atom. The van der Waals surface area contributed by atoms with E-state index in [2.05, 4.69) is 201 Å². The summed E-state index contributed by atoms with van der Waals surface area (Å²) in [6.45, 7) is 4.70. The van der Waals surface area contributed by atoms with E-state index in [1.54, 1.807) is 0 Å². The first-order valence-corrected chi connectivity index (χ1v) is 18.9. The van der Waals surface area contributed by atoms with Crippen LogP contribution >= 0.6 is 0 Å². The zero-order valence-electron chi connectivity index (χ0n) is 30.3. The van der Waals surface area contributed by atoms with Gasteiger partial charge in [0.2, 0.25) is 0 Å². The van der Waals surface area contributed by atoms with Crippen LogP contribution in [0.3, 0.4) is 0 Å². The number of nitrogens with zero attached hydrogens (tertiary/aromatic N) is 1. The van der Waals surface area contributed by atoms with Gasteiger partial charge in [-0.2, -0.15) is 0 Å². The molecule has 2 aliphatic carbocycles. The molecule has 0 radical (unpaired) electrons. The highest BCUT2D eigenvalue weighted by Gasteiger charge is 2.46. The van der Waals surface area contributed by atoms with Crippen LogP contribution in [0.2, 0.25) is 0 Å². The van der Waals surface area contributed by atoms with Crippen LogP contribution in [0.25, 0.3) is 44.2 Å². The van der Waals surface area contributed by atoms with E-state index < -0.39 is 5.41 Å². The van der Waals surface area contributed by atoms with Crippen molar-refractivity contribution in [3.05, 3.63) is 221 Å². The Morgan fingerprint density at radius 2 is 0.963 bits per heavy atom. The molecule has 8 aromatic carbocycles. The van der Waals surface area contributed by atoms with Crippen molar-refractivity contribution < 1.29 is 4.42 Å². The summed E-state index contributed by atoms with van der Waals surface area (Å²) >= 11 is 0. The van der Waals surface area contributed by atoms with Crippen LogP contribution in [0.5, 0.6) is 0 Å². The molecule has 9 aromatic rings. The molecule has 0 unspecified atom stereocenters. The van der Waals surface area contributed by atoms with Gasteiger partial charge in [-0.3, -0.25) is 0 Å². The smallest absolute Gasteiger partial charge is 0.159 e. The van der Waals surface area contributed by atoms with Crippen molar-refractivity contribution in [2.24, 2.45) is 0 Å². The zero-order chi connectivity index (χ0) is 36.0. The number of furan rings is 1. The Morgan fingerprint density at radius 3 is 1.72 bits per heavy atom. The van der Waals surface area contributed by atoms with Crippen molar-refractivity contribution in [2.75, 3.05) is 4.90 Å². The summed E-state index contributed by atoms with van der Waals surface area (Å²) in [7, 11) is 0. The summed E-state index contributed by atoms with van der Waals surface area (Å²) in [5.41, 5.74) is 17.3. The molecule has 2 nitrogen and oxygen atoms in total. The first-order valence-electron chi connectivity index (χ1n) is 18.9. The fraction of sp³-hybridized carbons (Fsp3) is 0.0769. The van der Waals surface area contributed by atoms with E-state index in [1.807, 2.05) is 6.07 Å². The molecule has 0 saturated carbocycles. The number of benzene rings is 8. The maximum atomic E-state index is 6.76. The lowest BCUT2D eigenvalue weighted by molar-refractivity contribution is 0.660. The number of para-hydroxylation sites is 2. The highest BCUT2D eigenvalue weighted by atomic mass is 16.3. The van der Waals surface area contributed by atoms with Gasteiger partial charge in [-0.1, -0.05) is 166 Å². The largest absolute Gasteiger partial charge is 0.454 e. The van der Waals surface area contributed by atoms with Gasteiger partial charge in [-0.15, -0.1) is 0 Å². The van der Waals surface area contributed by atoms with Gasteiger partial charge in [-0.25, -0.2) is 0 Å². The van der Waals surface area contributed by atoms with E-state index in [4.69, 9.17) is 4.42 Å². The van der Waals surface area contributed by atoms with Crippen molar-refractivity contribution in [2.45, 2.75) is 24.7 Å². The Hall–Kier alpha value is -6.64. The second kappa shape index (κ2) is 11.4. The fourth-order valence-corrected chi connectivity index (χ4v) is 9.76. The van der Waals surface area contributed by atoms with Crippen molar-refractivity contribution in [1.29, 1.82) is 0 Å². The quantitative estimate of drug-likeness (QED) is 0.179. The van der Waals surface area contributed by atoms with Gasteiger partial charge in [0.25, 0.3) is 0 Å². The molecule has 1 heterocycles. The van der Waals surface area contributed by atoms with Crippen LogP contribution in [-0.4, -0.2) is 0 Å². The highest BCUT2D eigenvalue weighted by Crippen LogP contribution is 2.57. The van der Waals surface area contributed by atoms with Crippen molar-refractivity contribution >= 4 is 39.0 Å². The molecule has 0 saturated heterocycles. The third-order valence-corrected chi connectivity index (χ3v) is 12.1. The summed E-state index contributed by atoms with van der Waals surface area (Å²) in [6.07, 6.45) is 0. The molecular formula is C52H37NO. The van der Waals surface area contributed by atoms with E-state index >= 15 is 0 Å². The van der Waals surface area contributed by atoms with Crippen LogP contribution in [-0.2, 0) is 10.8 Å². The molecule has 2 aliphatic rings. The zero-order valence-corrected chi connectivity index (χ0v) is 30.3. The molecule has 0 fully saturated rings. The third-order valence-electron chi connectivity index (χ3n) is 12.1. The number of hydrogen-bond acceptors (Lipinski definition) is 2. The molecule has 0 N–H and O–H groups in total. The van der Waals surface area contributed by atoms with Crippen molar-refractivity contribution in [3.8, 4) is 22.3 Å². The Kier molecular flexibility index (Phi) is 6.55. The first kappa shape index (κ1) is 30.9. The molecule has 11 rings (SSSR count). The molecule has 54 heavy (non-hydrogen) atoms. The van der Waals surface area contributed by atoms with Crippen LogP contribution in [0.1, 0.15) is 47.2 Å². The molecule has 256 valence electrons. The molecule has 0 aliphatic heterocycles. The van der Waals surface area contributed by atoms with Gasteiger partial charge in [0.1, 0.15) is 5.58 Å². The average Bonchev–Trinajstić information content (AvgIpc) is 3.83. The van der Waals surface area contributed by atoms with Gasteiger partial charge in [0.15, 0.2) is 5.58 Å². The summed E-state index contributed by atoms with van der Waals surface area (Å²) in [5, 5.41) is 2.23. The predicted octanol–water partition coefficient (Wildman–Crippen LogP) is 13.7. The first-order chi connectivity index (χ1) is 26.5. The Bertz CT molecular complexity index is 2890. The predicted molar refractivity (Wildman–Crippen MR) is 223 cm³/mol. The van der Waals surface area contributed by atoms with E-state index in [-0.39, 0.29) is 5.41 Å². The maximum Gasteiger partial charge on any atom is 0.159 e. The second-order valence-corrected chi connectivity index (χ2v) is 15.2. The number of fused-ring (bicyclic) bond motifs is 9. The summed E-state index contributed by atoms with van der Waals surface area (Å²) in [5.74, 6) is 0. The molecule has 0 atom stereocenters. The normalized spacial score (nSPS) is 14.4. The minimum atomic E-state index is -0.511. The lowest BCUT2D eigenvalue weighted by Crippen LogP contribution is -2.28. The SMILES string of the molecule is CC1(C)c2ccccc2-c2ccc(N(c3cccc(C4(c5ccccc5)c5ccccc5-c5ccccc54)c3)c3cccc4c3oc3ccccc34)cc21. The summed E-state index contributed by atoms with van der Waals surface area (Å²) < 4.78 is 6.76. The average molecular weight is 692 g/mol. The van der Waals surface area contributed by atoms with Crippen LogP contribution < -0.4 is 4.90 Å². The number of hydrogen-bond donors (Lipinski definition) is 0. The summed E-state index contributed by atoms with van der Waals surface area (Å²) in [4.78, 5) is 2.42. The van der Waals surface area contributed by atoms with Crippen LogP contribution in [0, 0.1) is 0 Å². The van der Waals surface area contributed by atoms with Gasteiger partial charge < -0.3 is 9.32 Å². The van der Waals surface area contributed by atoms with E-state index in [0.29, 0.717) is 0 Å². The molecule has 0 spiro atoms. The highest BCUT2D eigenvalue weighted by molar-refractivity contribution is 6.10. The lowest BCUT2D eigenvalue weighted by atomic mass is 9.67. The maximum absolute atomic E-state index is 6.76. The number of anilines is 3. The molecular weight excluding hydrogens is 655 g/mol. The van der Waals surface area contributed by atoms with Gasteiger partial charge in [0.05, 0.1) is 11.1 Å². The topological polar surface area (TPSA) is 16.4 Å². The second-order valence-electron chi connectivity index (χ2n) is 15.2. The van der Waals surface area contributed by atoms with E-state index in [1.165, 1.54) is 55.6 Å². The number of rotatable bonds is 5. The molecule has 2 heteroatoms. The van der Waals surface area contributed by atoms with Crippen LogP contribution in [0.4, 0.5) is 17.1 Å². The molecule has 1 aromatic heterocycles. The van der Waals surface area contributed by atoms with E-state index in [9.17, 15) is 0 Å². The Labute approximate surface area is 315 Å².